The number of benzene rings is 1. The van der Waals surface area contributed by atoms with Crippen molar-refractivity contribution in [3.05, 3.63) is 41.3 Å². The number of anilines is 1. The highest BCUT2D eigenvalue weighted by atomic mass is 32.2. The van der Waals surface area contributed by atoms with Crippen molar-refractivity contribution < 1.29 is 12.8 Å². The smallest absolute Gasteiger partial charge is 0.263 e. The van der Waals surface area contributed by atoms with Gasteiger partial charge in [-0.2, -0.15) is 5.10 Å². The molecule has 0 aliphatic rings. The Hall–Kier alpha value is -1.89. The Morgan fingerprint density at radius 3 is 2.60 bits per heavy atom. The number of sulfonamides is 1. The molecule has 2 N–H and O–H groups in total. The van der Waals surface area contributed by atoms with E-state index in [2.05, 4.69) is 14.9 Å². The molecule has 0 aliphatic carbocycles. The lowest BCUT2D eigenvalue weighted by Gasteiger charge is -2.08. The minimum absolute atomic E-state index is 0.0911. The first kappa shape index (κ1) is 14.5. The molecular formula is C13H16FN3O2S. The van der Waals surface area contributed by atoms with Gasteiger partial charge in [0.05, 0.1) is 4.90 Å². The average Bonchev–Trinajstić information content (AvgIpc) is 2.80. The Bertz CT molecular complexity index is 723. The van der Waals surface area contributed by atoms with Crippen LogP contribution in [0.15, 0.2) is 29.2 Å². The van der Waals surface area contributed by atoms with Crippen molar-refractivity contribution in [2.24, 2.45) is 0 Å². The number of hydrogen-bond acceptors (Lipinski definition) is 3. The van der Waals surface area contributed by atoms with Gasteiger partial charge in [0.1, 0.15) is 5.82 Å². The summed E-state index contributed by atoms with van der Waals surface area (Å²) in [4.78, 5) is -0.0911. The van der Waals surface area contributed by atoms with Gasteiger partial charge < -0.3 is 0 Å². The molecule has 0 bridgehead atoms. The summed E-state index contributed by atoms with van der Waals surface area (Å²) in [5.74, 6) is -0.199. The molecule has 0 saturated heterocycles. The van der Waals surface area contributed by atoms with E-state index in [9.17, 15) is 12.8 Å². The summed E-state index contributed by atoms with van der Waals surface area (Å²) >= 11 is 0. The van der Waals surface area contributed by atoms with Crippen LogP contribution < -0.4 is 4.72 Å². The van der Waals surface area contributed by atoms with Gasteiger partial charge in [0.2, 0.25) is 0 Å². The highest BCUT2D eigenvalue weighted by molar-refractivity contribution is 7.92. The summed E-state index contributed by atoms with van der Waals surface area (Å²) in [6.45, 7) is 5.53. The summed E-state index contributed by atoms with van der Waals surface area (Å²) in [5, 5.41) is 6.65. The van der Waals surface area contributed by atoms with Gasteiger partial charge in [-0.1, -0.05) is 19.9 Å². The van der Waals surface area contributed by atoms with Crippen LogP contribution in [0.2, 0.25) is 0 Å². The maximum Gasteiger partial charge on any atom is 0.263 e. The largest absolute Gasteiger partial charge is 0.280 e. The van der Waals surface area contributed by atoms with Crippen molar-refractivity contribution in [2.75, 3.05) is 4.72 Å². The van der Waals surface area contributed by atoms with Crippen molar-refractivity contribution in [3.8, 4) is 0 Å². The van der Waals surface area contributed by atoms with E-state index < -0.39 is 15.8 Å². The zero-order chi connectivity index (χ0) is 14.9. The summed E-state index contributed by atoms with van der Waals surface area (Å²) in [6, 6.07) is 5.26. The summed E-state index contributed by atoms with van der Waals surface area (Å²) < 4.78 is 40.0. The van der Waals surface area contributed by atoms with Gasteiger partial charge in [-0.15, -0.1) is 0 Å². The minimum atomic E-state index is -3.85. The van der Waals surface area contributed by atoms with Crippen molar-refractivity contribution in [1.82, 2.24) is 10.2 Å². The van der Waals surface area contributed by atoms with Crippen molar-refractivity contribution in [1.29, 1.82) is 0 Å². The molecule has 7 heteroatoms. The van der Waals surface area contributed by atoms with E-state index in [-0.39, 0.29) is 16.6 Å². The number of nitrogens with one attached hydrogen (secondary N) is 2. The second kappa shape index (κ2) is 5.24. The maximum atomic E-state index is 13.2. The minimum Gasteiger partial charge on any atom is -0.280 e. The summed E-state index contributed by atoms with van der Waals surface area (Å²) in [7, 11) is -3.85. The van der Waals surface area contributed by atoms with Crippen LogP contribution in [-0.4, -0.2) is 18.6 Å². The topological polar surface area (TPSA) is 74.8 Å². The molecule has 0 fully saturated rings. The first-order valence-corrected chi connectivity index (χ1v) is 7.62. The molecule has 0 spiro atoms. The van der Waals surface area contributed by atoms with Crippen molar-refractivity contribution in [3.63, 3.8) is 0 Å². The van der Waals surface area contributed by atoms with Gasteiger partial charge in [0.25, 0.3) is 10.0 Å². The first-order chi connectivity index (χ1) is 9.29. The number of hydrogen-bond donors (Lipinski definition) is 2. The second-order valence-electron chi connectivity index (χ2n) is 4.88. The fourth-order valence-corrected chi connectivity index (χ4v) is 2.99. The Labute approximate surface area is 117 Å². The van der Waals surface area contributed by atoms with Crippen LogP contribution in [0, 0.1) is 12.7 Å². The monoisotopic (exact) mass is 297 g/mol. The standard InChI is InChI=1S/C13H16FN3O2S/c1-8(2)11-7-13(16-15-11)17-20(18,19)12-6-10(14)5-4-9(12)3/h4-8H,1-3H3,(H2,15,16,17). The van der Waals surface area contributed by atoms with E-state index >= 15 is 0 Å². The number of nitrogens with zero attached hydrogens (tertiary/aromatic N) is 1. The third-order valence-corrected chi connectivity index (χ3v) is 4.40. The quantitative estimate of drug-likeness (QED) is 0.911. The van der Waals surface area contributed by atoms with Gasteiger partial charge in [0.15, 0.2) is 5.82 Å². The lowest BCUT2D eigenvalue weighted by atomic mass is 10.1. The van der Waals surface area contributed by atoms with E-state index in [0.717, 1.165) is 11.8 Å². The molecule has 1 heterocycles. The molecule has 1 aromatic heterocycles. The Balaban J connectivity index is 2.33. The predicted octanol–water partition coefficient (Wildman–Crippen LogP) is 2.78. The van der Waals surface area contributed by atoms with E-state index in [0.29, 0.717) is 5.56 Å². The maximum absolute atomic E-state index is 13.2. The highest BCUT2D eigenvalue weighted by Crippen LogP contribution is 2.21. The molecule has 0 aliphatic heterocycles. The molecule has 0 atom stereocenters. The molecule has 0 unspecified atom stereocenters. The van der Waals surface area contributed by atoms with E-state index in [1.165, 1.54) is 12.1 Å². The Kier molecular flexibility index (Phi) is 3.80. The zero-order valence-corrected chi connectivity index (χ0v) is 12.3. The number of rotatable bonds is 4. The molecule has 108 valence electrons. The van der Waals surface area contributed by atoms with Crippen molar-refractivity contribution in [2.45, 2.75) is 31.6 Å². The first-order valence-electron chi connectivity index (χ1n) is 6.14. The molecular weight excluding hydrogens is 281 g/mol. The van der Waals surface area contributed by atoms with E-state index in [1.54, 1.807) is 13.0 Å². The molecule has 1 aromatic carbocycles. The summed E-state index contributed by atoms with van der Waals surface area (Å²) in [5.41, 5.74) is 1.29. The predicted molar refractivity (Wildman–Crippen MR) is 74.6 cm³/mol. The van der Waals surface area contributed by atoms with Gasteiger partial charge in [-0.05, 0) is 30.5 Å². The van der Waals surface area contributed by atoms with Crippen LogP contribution in [0.25, 0.3) is 0 Å². The van der Waals surface area contributed by atoms with Gasteiger partial charge >= 0.3 is 0 Å². The normalized spacial score (nSPS) is 11.8. The van der Waals surface area contributed by atoms with E-state index in [1.807, 2.05) is 13.8 Å². The Morgan fingerprint density at radius 1 is 1.30 bits per heavy atom. The molecule has 20 heavy (non-hydrogen) atoms. The third kappa shape index (κ3) is 2.98. The number of aromatic nitrogens is 2. The average molecular weight is 297 g/mol. The van der Waals surface area contributed by atoms with Crippen LogP contribution in [0.4, 0.5) is 10.2 Å². The molecule has 2 rings (SSSR count). The van der Waals surface area contributed by atoms with Crippen molar-refractivity contribution >= 4 is 15.8 Å². The highest BCUT2D eigenvalue weighted by Gasteiger charge is 2.19. The lowest BCUT2D eigenvalue weighted by molar-refractivity contribution is 0.594. The molecule has 0 saturated carbocycles. The number of halogens is 1. The van der Waals surface area contributed by atoms with Gasteiger partial charge in [-0.25, -0.2) is 12.8 Å². The van der Waals surface area contributed by atoms with Gasteiger partial charge in [-0.3, -0.25) is 9.82 Å². The van der Waals surface area contributed by atoms with Crippen LogP contribution in [0.5, 0.6) is 0 Å². The SMILES string of the molecule is Cc1ccc(F)cc1S(=O)(=O)Nc1cc(C(C)C)[nH]n1. The lowest BCUT2D eigenvalue weighted by Crippen LogP contribution is -2.14. The summed E-state index contributed by atoms with van der Waals surface area (Å²) in [6.07, 6.45) is 0. The zero-order valence-electron chi connectivity index (χ0n) is 11.4. The number of aromatic amines is 1. The van der Waals surface area contributed by atoms with Crippen LogP contribution in [0.3, 0.4) is 0 Å². The number of aryl methyl sites for hydroxylation is 1. The third-order valence-electron chi connectivity index (χ3n) is 2.90. The fourth-order valence-electron chi connectivity index (χ4n) is 1.74. The van der Waals surface area contributed by atoms with Crippen LogP contribution in [-0.2, 0) is 10.0 Å². The molecule has 2 aromatic rings. The van der Waals surface area contributed by atoms with Crippen LogP contribution in [0.1, 0.15) is 31.0 Å². The van der Waals surface area contributed by atoms with E-state index in [4.69, 9.17) is 0 Å². The molecule has 5 nitrogen and oxygen atoms in total. The second-order valence-corrected chi connectivity index (χ2v) is 6.53. The molecule has 0 radical (unpaired) electrons. The van der Waals surface area contributed by atoms with Crippen LogP contribution >= 0.6 is 0 Å². The number of H-pyrrole nitrogens is 1. The van der Waals surface area contributed by atoms with Gasteiger partial charge in [0, 0.05) is 11.8 Å². The fraction of sp³-hybridized carbons (Fsp3) is 0.308. The molecule has 0 amide bonds. The Morgan fingerprint density at radius 2 is 2.00 bits per heavy atom.